The van der Waals surface area contributed by atoms with Crippen LogP contribution in [0.15, 0.2) is 34.2 Å². The number of ether oxygens (including phenoxy) is 1. The molecule has 1 aliphatic rings. The van der Waals surface area contributed by atoms with Crippen molar-refractivity contribution in [2.24, 2.45) is 0 Å². The van der Waals surface area contributed by atoms with E-state index >= 15 is 0 Å². The minimum Gasteiger partial charge on any atom is -0.480 e. The maximum Gasteiger partial charge on any atom is 0.233 e. The summed E-state index contributed by atoms with van der Waals surface area (Å²) in [5, 5.41) is 14.5. The molecule has 6 nitrogen and oxygen atoms in total. The van der Waals surface area contributed by atoms with Crippen molar-refractivity contribution >= 4 is 11.3 Å². The summed E-state index contributed by atoms with van der Waals surface area (Å²) < 4.78 is 10.6. The predicted molar refractivity (Wildman–Crippen MR) is 86.2 cm³/mol. The summed E-state index contributed by atoms with van der Waals surface area (Å²) in [6.45, 7) is 2.52. The van der Waals surface area contributed by atoms with Crippen molar-refractivity contribution in [3.63, 3.8) is 0 Å². The van der Waals surface area contributed by atoms with E-state index in [9.17, 15) is 0 Å². The zero-order chi connectivity index (χ0) is 15.6. The van der Waals surface area contributed by atoms with Crippen LogP contribution in [0.3, 0.4) is 0 Å². The molecule has 0 unspecified atom stereocenters. The molecular formula is C16H16N4O2S. The first-order valence-electron chi connectivity index (χ1n) is 7.43. The highest BCUT2D eigenvalue weighted by Gasteiger charge is 2.20. The summed E-state index contributed by atoms with van der Waals surface area (Å²) in [6, 6.07) is 8.04. The summed E-state index contributed by atoms with van der Waals surface area (Å²) in [6.07, 6.45) is 0.891. The maximum atomic E-state index is 5.45. The summed E-state index contributed by atoms with van der Waals surface area (Å²) in [5.74, 6) is 1.40. The van der Waals surface area contributed by atoms with Crippen LogP contribution in [0.5, 0.6) is 5.88 Å². The maximum absolute atomic E-state index is 5.45. The number of rotatable bonds is 4. The third-order valence-electron chi connectivity index (χ3n) is 3.91. The van der Waals surface area contributed by atoms with Crippen molar-refractivity contribution in [1.82, 2.24) is 20.3 Å². The lowest BCUT2D eigenvalue weighted by molar-refractivity contribution is 0.234. The number of nitrogens with zero attached hydrogens (tertiary/aromatic N) is 4. The SMILES string of the molecule is COc1cc2c(nn1)CCN(Cc1cc(-c3cccs3)on1)C2. The fourth-order valence-electron chi connectivity index (χ4n) is 2.75. The lowest BCUT2D eigenvalue weighted by Crippen LogP contribution is -2.31. The Hall–Kier alpha value is -2.25. The normalized spacial score (nSPS) is 14.7. The van der Waals surface area contributed by atoms with E-state index in [0.717, 1.165) is 48.1 Å². The number of hydrogen-bond acceptors (Lipinski definition) is 7. The van der Waals surface area contributed by atoms with Crippen LogP contribution < -0.4 is 4.74 Å². The van der Waals surface area contributed by atoms with Crippen molar-refractivity contribution in [3.05, 3.63) is 46.6 Å². The molecule has 7 heteroatoms. The number of hydrogen-bond donors (Lipinski definition) is 0. The van der Waals surface area contributed by atoms with E-state index in [1.807, 2.05) is 29.6 Å². The monoisotopic (exact) mass is 328 g/mol. The molecule has 3 aromatic heterocycles. The molecule has 4 rings (SSSR count). The second kappa shape index (κ2) is 6.10. The van der Waals surface area contributed by atoms with Crippen molar-refractivity contribution in [3.8, 4) is 16.5 Å². The zero-order valence-electron chi connectivity index (χ0n) is 12.7. The molecule has 23 heavy (non-hydrogen) atoms. The molecule has 0 saturated carbocycles. The van der Waals surface area contributed by atoms with Gasteiger partial charge >= 0.3 is 0 Å². The smallest absolute Gasteiger partial charge is 0.233 e. The van der Waals surface area contributed by atoms with Gasteiger partial charge in [0, 0.05) is 38.2 Å². The summed E-state index contributed by atoms with van der Waals surface area (Å²) in [7, 11) is 1.61. The van der Waals surface area contributed by atoms with Gasteiger partial charge in [-0.1, -0.05) is 11.2 Å². The Labute approximate surface area is 137 Å². The molecule has 118 valence electrons. The molecule has 0 atom stereocenters. The molecule has 0 spiro atoms. The van der Waals surface area contributed by atoms with E-state index in [2.05, 4.69) is 20.3 Å². The van der Waals surface area contributed by atoms with E-state index in [4.69, 9.17) is 9.26 Å². The first-order chi connectivity index (χ1) is 11.3. The van der Waals surface area contributed by atoms with Gasteiger partial charge in [-0.25, -0.2) is 0 Å². The largest absolute Gasteiger partial charge is 0.480 e. The Morgan fingerprint density at radius 1 is 1.35 bits per heavy atom. The lowest BCUT2D eigenvalue weighted by atomic mass is 10.1. The Morgan fingerprint density at radius 3 is 3.13 bits per heavy atom. The average Bonchev–Trinajstić information content (AvgIpc) is 3.25. The first kappa shape index (κ1) is 14.3. The average molecular weight is 328 g/mol. The Kier molecular flexibility index (Phi) is 3.80. The van der Waals surface area contributed by atoms with Crippen LogP contribution in [0.25, 0.3) is 10.6 Å². The van der Waals surface area contributed by atoms with Crippen molar-refractivity contribution < 1.29 is 9.26 Å². The van der Waals surface area contributed by atoms with Crippen LogP contribution in [0.1, 0.15) is 17.0 Å². The van der Waals surface area contributed by atoms with Crippen LogP contribution in [0.2, 0.25) is 0 Å². The second-order valence-corrected chi connectivity index (χ2v) is 6.43. The molecule has 1 aliphatic heterocycles. The molecule has 0 N–H and O–H groups in total. The third kappa shape index (κ3) is 2.97. The van der Waals surface area contributed by atoms with Gasteiger partial charge in [0.25, 0.3) is 0 Å². The van der Waals surface area contributed by atoms with Gasteiger partial charge in [-0.3, -0.25) is 4.90 Å². The van der Waals surface area contributed by atoms with Gasteiger partial charge in [0.2, 0.25) is 5.88 Å². The van der Waals surface area contributed by atoms with Crippen molar-refractivity contribution in [2.75, 3.05) is 13.7 Å². The van der Waals surface area contributed by atoms with Crippen molar-refractivity contribution in [2.45, 2.75) is 19.5 Å². The summed E-state index contributed by atoms with van der Waals surface area (Å²) in [5.41, 5.74) is 3.18. The van der Waals surface area contributed by atoms with E-state index < -0.39 is 0 Å². The fraction of sp³-hybridized carbons (Fsp3) is 0.312. The molecule has 0 bridgehead atoms. The van der Waals surface area contributed by atoms with E-state index in [1.54, 1.807) is 18.4 Å². The number of methoxy groups -OCH3 is 1. The van der Waals surface area contributed by atoms with E-state index in [1.165, 1.54) is 5.56 Å². The fourth-order valence-corrected chi connectivity index (χ4v) is 3.42. The molecule has 3 aromatic rings. The zero-order valence-corrected chi connectivity index (χ0v) is 13.5. The number of thiophene rings is 1. The first-order valence-corrected chi connectivity index (χ1v) is 8.31. The Bertz CT molecular complexity index is 800. The minimum absolute atomic E-state index is 0.562. The molecule has 4 heterocycles. The van der Waals surface area contributed by atoms with Crippen LogP contribution >= 0.6 is 11.3 Å². The van der Waals surface area contributed by atoms with Gasteiger partial charge in [0.1, 0.15) is 0 Å². The Balaban J connectivity index is 1.48. The number of aromatic nitrogens is 3. The van der Waals surface area contributed by atoms with Gasteiger partial charge in [-0.05, 0) is 17.0 Å². The van der Waals surface area contributed by atoms with Gasteiger partial charge in [0.15, 0.2) is 5.76 Å². The quantitative estimate of drug-likeness (QED) is 0.734. The lowest BCUT2D eigenvalue weighted by Gasteiger charge is -2.26. The number of fused-ring (bicyclic) bond motifs is 1. The molecule has 0 saturated heterocycles. The highest BCUT2D eigenvalue weighted by molar-refractivity contribution is 7.13. The van der Waals surface area contributed by atoms with Crippen LogP contribution in [-0.4, -0.2) is 33.9 Å². The molecular weight excluding hydrogens is 312 g/mol. The topological polar surface area (TPSA) is 64.3 Å². The second-order valence-electron chi connectivity index (χ2n) is 5.48. The van der Waals surface area contributed by atoms with Gasteiger partial charge in [-0.15, -0.1) is 16.4 Å². The highest BCUT2D eigenvalue weighted by atomic mass is 32.1. The predicted octanol–water partition coefficient (Wildman–Crippen LogP) is 2.76. The molecule has 0 aliphatic carbocycles. The minimum atomic E-state index is 0.562. The van der Waals surface area contributed by atoms with E-state index in [0.29, 0.717) is 5.88 Å². The molecule has 0 radical (unpaired) electrons. The highest BCUT2D eigenvalue weighted by Crippen LogP contribution is 2.26. The molecule has 0 fully saturated rings. The van der Waals surface area contributed by atoms with Gasteiger partial charge in [0.05, 0.1) is 23.4 Å². The van der Waals surface area contributed by atoms with Crippen LogP contribution in [-0.2, 0) is 19.5 Å². The van der Waals surface area contributed by atoms with Gasteiger partial charge < -0.3 is 9.26 Å². The third-order valence-corrected chi connectivity index (χ3v) is 4.80. The Morgan fingerprint density at radius 2 is 2.30 bits per heavy atom. The summed E-state index contributed by atoms with van der Waals surface area (Å²) >= 11 is 1.65. The molecule has 0 aromatic carbocycles. The van der Waals surface area contributed by atoms with Gasteiger partial charge in [-0.2, -0.15) is 5.10 Å². The van der Waals surface area contributed by atoms with Crippen LogP contribution in [0.4, 0.5) is 0 Å². The standard InChI is InChI=1S/C16H16N4O2S/c1-21-16-7-11-9-20(5-4-13(11)17-18-16)10-12-8-14(22-19-12)15-3-2-6-23-15/h2-3,6-8H,4-5,9-10H2,1H3. The molecule has 0 amide bonds. The summed E-state index contributed by atoms with van der Waals surface area (Å²) in [4.78, 5) is 3.44. The van der Waals surface area contributed by atoms with E-state index in [-0.39, 0.29) is 0 Å². The van der Waals surface area contributed by atoms with Crippen molar-refractivity contribution in [1.29, 1.82) is 0 Å². The van der Waals surface area contributed by atoms with Crippen LogP contribution in [0, 0.1) is 0 Å².